The largest absolute Gasteiger partial charge is 0.379 e. The number of carbonyl (C=O) groups excluding carboxylic acids is 2. The molecule has 0 aliphatic carbocycles. The van der Waals surface area contributed by atoms with Crippen LogP contribution >= 0.6 is 23.2 Å². The topological polar surface area (TPSA) is 70.7 Å². The molecule has 2 amide bonds. The minimum Gasteiger partial charge on any atom is -0.379 e. The number of ether oxygens (including phenoxy) is 1. The van der Waals surface area contributed by atoms with E-state index in [0.717, 1.165) is 13.1 Å². The molecule has 0 saturated carbocycles. The third-order valence-corrected chi connectivity index (χ3v) is 4.04. The lowest BCUT2D eigenvalue weighted by atomic mass is 10.3. The predicted molar refractivity (Wildman–Crippen MR) is 85.4 cm³/mol. The molecule has 22 heavy (non-hydrogen) atoms. The minimum atomic E-state index is -0.772. The Labute approximate surface area is 138 Å². The molecule has 120 valence electrons. The van der Waals surface area contributed by atoms with Gasteiger partial charge in [0.15, 0.2) is 0 Å². The molecule has 0 radical (unpaired) electrons. The van der Waals surface area contributed by atoms with E-state index in [1.807, 2.05) is 0 Å². The smallest absolute Gasteiger partial charge is 0.313 e. The molecule has 0 spiro atoms. The van der Waals surface area contributed by atoms with Crippen LogP contribution in [0.25, 0.3) is 0 Å². The standard InChI is InChI=1S/C14H17Cl2N3O3/c15-10-2-1-3-11(12(10)16)18-14(21)13(20)17-4-5-19-6-8-22-9-7-19/h1-3H,4-9H2,(H,17,20)(H,18,21). The maximum atomic E-state index is 11.8. The van der Waals surface area contributed by atoms with E-state index in [4.69, 9.17) is 27.9 Å². The third kappa shape index (κ3) is 4.84. The summed E-state index contributed by atoms with van der Waals surface area (Å²) in [6.45, 7) is 4.14. The summed E-state index contributed by atoms with van der Waals surface area (Å²) in [6.07, 6.45) is 0. The Kier molecular flexibility index (Phi) is 6.45. The van der Waals surface area contributed by atoms with Crippen molar-refractivity contribution in [2.45, 2.75) is 0 Å². The second-order valence-electron chi connectivity index (χ2n) is 4.77. The normalized spacial score (nSPS) is 15.4. The molecule has 0 atom stereocenters. The fourth-order valence-electron chi connectivity index (χ4n) is 2.01. The summed E-state index contributed by atoms with van der Waals surface area (Å²) in [6, 6.07) is 4.81. The Hall–Kier alpha value is -1.34. The molecular formula is C14H17Cl2N3O3. The highest BCUT2D eigenvalue weighted by Gasteiger charge is 2.16. The maximum Gasteiger partial charge on any atom is 0.313 e. The van der Waals surface area contributed by atoms with Crippen LogP contribution in [0, 0.1) is 0 Å². The number of hydrogen-bond donors (Lipinski definition) is 2. The lowest BCUT2D eigenvalue weighted by Crippen LogP contribution is -2.43. The average molecular weight is 346 g/mol. The van der Waals surface area contributed by atoms with E-state index >= 15 is 0 Å². The zero-order valence-electron chi connectivity index (χ0n) is 11.9. The van der Waals surface area contributed by atoms with E-state index in [9.17, 15) is 9.59 Å². The Morgan fingerprint density at radius 1 is 1.18 bits per heavy atom. The molecule has 1 aliphatic heterocycles. The average Bonchev–Trinajstić information content (AvgIpc) is 2.52. The van der Waals surface area contributed by atoms with Gasteiger partial charge in [-0.3, -0.25) is 14.5 Å². The summed E-state index contributed by atoms with van der Waals surface area (Å²) in [4.78, 5) is 25.7. The summed E-state index contributed by atoms with van der Waals surface area (Å²) >= 11 is 11.8. The van der Waals surface area contributed by atoms with Gasteiger partial charge in [-0.15, -0.1) is 0 Å². The van der Waals surface area contributed by atoms with Crippen LogP contribution in [-0.2, 0) is 14.3 Å². The lowest BCUT2D eigenvalue weighted by molar-refractivity contribution is -0.136. The second-order valence-corrected chi connectivity index (χ2v) is 5.55. The molecule has 2 rings (SSSR count). The van der Waals surface area contributed by atoms with Gasteiger partial charge < -0.3 is 15.4 Å². The van der Waals surface area contributed by atoms with Gasteiger partial charge in [0.25, 0.3) is 0 Å². The van der Waals surface area contributed by atoms with Crippen LogP contribution in [0.3, 0.4) is 0 Å². The molecule has 1 fully saturated rings. The molecule has 1 aromatic rings. The van der Waals surface area contributed by atoms with Crippen LogP contribution < -0.4 is 10.6 Å². The molecular weight excluding hydrogens is 329 g/mol. The quantitative estimate of drug-likeness (QED) is 0.809. The number of carbonyl (C=O) groups is 2. The summed E-state index contributed by atoms with van der Waals surface area (Å²) in [5, 5.41) is 5.53. The summed E-state index contributed by atoms with van der Waals surface area (Å²) < 4.78 is 5.24. The van der Waals surface area contributed by atoms with Crippen LogP contribution in [0.5, 0.6) is 0 Å². The molecule has 1 saturated heterocycles. The first-order valence-corrected chi connectivity index (χ1v) is 7.67. The van der Waals surface area contributed by atoms with E-state index < -0.39 is 11.8 Å². The van der Waals surface area contributed by atoms with Gasteiger partial charge in [-0.1, -0.05) is 29.3 Å². The molecule has 0 unspecified atom stereocenters. The van der Waals surface area contributed by atoms with Gasteiger partial charge in [0.05, 0.1) is 28.9 Å². The first-order chi connectivity index (χ1) is 10.6. The molecule has 8 heteroatoms. The van der Waals surface area contributed by atoms with Crippen molar-refractivity contribution in [2.75, 3.05) is 44.7 Å². The molecule has 6 nitrogen and oxygen atoms in total. The zero-order chi connectivity index (χ0) is 15.9. The minimum absolute atomic E-state index is 0.207. The number of anilines is 1. The van der Waals surface area contributed by atoms with Crippen LogP contribution in [0.4, 0.5) is 5.69 Å². The van der Waals surface area contributed by atoms with Crippen molar-refractivity contribution in [3.05, 3.63) is 28.2 Å². The highest BCUT2D eigenvalue weighted by atomic mass is 35.5. The number of hydrogen-bond acceptors (Lipinski definition) is 4. The van der Waals surface area contributed by atoms with Gasteiger partial charge in [-0.05, 0) is 12.1 Å². The predicted octanol–water partition coefficient (Wildman–Crippen LogP) is 1.38. The molecule has 1 aliphatic rings. The van der Waals surface area contributed by atoms with Crippen LogP contribution in [0.1, 0.15) is 0 Å². The van der Waals surface area contributed by atoms with Crippen molar-refractivity contribution >= 4 is 40.7 Å². The fraction of sp³-hybridized carbons (Fsp3) is 0.429. The Bertz CT molecular complexity index is 548. The molecule has 2 N–H and O–H groups in total. The number of halogens is 2. The van der Waals surface area contributed by atoms with E-state index in [1.165, 1.54) is 0 Å². The first-order valence-electron chi connectivity index (χ1n) is 6.91. The monoisotopic (exact) mass is 345 g/mol. The van der Waals surface area contributed by atoms with Crippen molar-refractivity contribution in [2.24, 2.45) is 0 Å². The van der Waals surface area contributed by atoms with E-state index in [1.54, 1.807) is 18.2 Å². The fourth-order valence-corrected chi connectivity index (χ4v) is 2.36. The van der Waals surface area contributed by atoms with Crippen molar-refractivity contribution in [3.63, 3.8) is 0 Å². The summed E-state index contributed by atoms with van der Waals surface area (Å²) in [5.41, 5.74) is 0.308. The van der Waals surface area contributed by atoms with Crippen molar-refractivity contribution in [1.29, 1.82) is 0 Å². The molecule has 0 aromatic heterocycles. The van der Waals surface area contributed by atoms with Gasteiger partial charge in [-0.2, -0.15) is 0 Å². The van der Waals surface area contributed by atoms with Gasteiger partial charge >= 0.3 is 11.8 Å². The number of benzene rings is 1. The number of nitrogens with zero attached hydrogens (tertiary/aromatic N) is 1. The SMILES string of the molecule is O=C(NCCN1CCOCC1)C(=O)Nc1cccc(Cl)c1Cl. The Morgan fingerprint density at radius 3 is 2.64 bits per heavy atom. The highest BCUT2D eigenvalue weighted by Crippen LogP contribution is 2.29. The van der Waals surface area contributed by atoms with Crippen molar-refractivity contribution < 1.29 is 14.3 Å². The van der Waals surface area contributed by atoms with Gasteiger partial charge in [0.1, 0.15) is 0 Å². The number of morpholine rings is 1. The second kappa shape index (κ2) is 8.33. The van der Waals surface area contributed by atoms with Crippen molar-refractivity contribution in [3.8, 4) is 0 Å². The van der Waals surface area contributed by atoms with Crippen molar-refractivity contribution in [1.82, 2.24) is 10.2 Å². The van der Waals surface area contributed by atoms with Crippen LogP contribution in [0.2, 0.25) is 10.0 Å². The van der Waals surface area contributed by atoms with Crippen LogP contribution in [0.15, 0.2) is 18.2 Å². The third-order valence-electron chi connectivity index (χ3n) is 3.22. The lowest BCUT2D eigenvalue weighted by Gasteiger charge is -2.26. The Morgan fingerprint density at radius 2 is 1.91 bits per heavy atom. The highest BCUT2D eigenvalue weighted by molar-refractivity contribution is 6.45. The zero-order valence-corrected chi connectivity index (χ0v) is 13.4. The number of amides is 2. The molecule has 1 heterocycles. The first kappa shape index (κ1) is 17.0. The van der Waals surface area contributed by atoms with Gasteiger partial charge in [0.2, 0.25) is 0 Å². The number of nitrogens with one attached hydrogen (secondary N) is 2. The van der Waals surface area contributed by atoms with Gasteiger partial charge in [-0.25, -0.2) is 0 Å². The van der Waals surface area contributed by atoms with Crippen LogP contribution in [-0.4, -0.2) is 56.1 Å². The summed E-state index contributed by atoms with van der Waals surface area (Å²) in [7, 11) is 0. The maximum absolute atomic E-state index is 11.8. The number of rotatable bonds is 4. The molecule has 1 aromatic carbocycles. The Balaban J connectivity index is 1.77. The van der Waals surface area contributed by atoms with Gasteiger partial charge in [0, 0.05) is 26.2 Å². The van der Waals surface area contributed by atoms with E-state index in [-0.39, 0.29) is 5.02 Å². The molecule has 0 bridgehead atoms. The van der Waals surface area contributed by atoms with E-state index in [0.29, 0.717) is 37.0 Å². The summed E-state index contributed by atoms with van der Waals surface area (Å²) in [5.74, 6) is -1.48. The van der Waals surface area contributed by atoms with E-state index in [2.05, 4.69) is 15.5 Å².